The summed E-state index contributed by atoms with van der Waals surface area (Å²) >= 11 is 0. The van der Waals surface area contributed by atoms with Crippen LogP contribution in [-0.2, 0) is 5.41 Å². The highest BCUT2D eigenvalue weighted by Crippen LogP contribution is 2.35. The fourth-order valence-corrected chi connectivity index (χ4v) is 2.03. The van der Waals surface area contributed by atoms with Gasteiger partial charge in [0.2, 0.25) is 0 Å². The largest absolute Gasteiger partial charge is 0.505 e. The standard InChI is InChI=1S/C17H19NO2/c1-17(2,3)13-10-7-11-14(15(13)19)18-16(20)12-8-5-4-6-9-12/h4-11,19H,1-3H3,(H,18,20). The Labute approximate surface area is 119 Å². The molecular formula is C17H19NO2. The molecule has 20 heavy (non-hydrogen) atoms. The zero-order valence-electron chi connectivity index (χ0n) is 12.0. The molecule has 0 aliphatic heterocycles. The molecule has 2 rings (SSSR count). The first kappa shape index (κ1) is 14.1. The average Bonchev–Trinajstić information content (AvgIpc) is 2.40. The molecule has 1 amide bonds. The van der Waals surface area contributed by atoms with Crippen molar-refractivity contribution in [1.29, 1.82) is 0 Å². The molecular weight excluding hydrogens is 250 g/mol. The first-order valence-electron chi connectivity index (χ1n) is 6.58. The molecule has 104 valence electrons. The van der Waals surface area contributed by atoms with E-state index in [0.717, 1.165) is 5.56 Å². The molecule has 2 N–H and O–H groups in total. The number of hydrogen-bond acceptors (Lipinski definition) is 2. The molecule has 0 heterocycles. The fourth-order valence-electron chi connectivity index (χ4n) is 2.03. The highest BCUT2D eigenvalue weighted by molar-refractivity contribution is 6.05. The second kappa shape index (κ2) is 5.37. The van der Waals surface area contributed by atoms with E-state index in [1.807, 2.05) is 39.0 Å². The van der Waals surface area contributed by atoms with Crippen molar-refractivity contribution in [3.63, 3.8) is 0 Å². The monoisotopic (exact) mass is 269 g/mol. The lowest BCUT2D eigenvalue weighted by Gasteiger charge is -2.22. The molecule has 0 unspecified atom stereocenters. The van der Waals surface area contributed by atoms with Gasteiger partial charge in [0.05, 0.1) is 5.69 Å². The van der Waals surface area contributed by atoms with Gasteiger partial charge in [-0.3, -0.25) is 4.79 Å². The minimum absolute atomic E-state index is 0.129. The summed E-state index contributed by atoms with van der Waals surface area (Å²) < 4.78 is 0. The maximum Gasteiger partial charge on any atom is 0.255 e. The third kappa shape index (κ3) is 2.99. The van der Waals surface area contributed by atoms with Crippen LogP contribution in [0.4, 0.5) is 5.69 Å². The number of para-hydroxylation sites is 1. The van der Waals surface area contributed by atoms with Crippen molar-refractivity contribution in [2.45, 2.75) is 26.2 Å². The van der Waals surface area contributed by atoms with Crippen LogP contribution in [0.25, 0.3) is 0 Å². The lowest BCUT2D eigenvalue weighted by atomic mass is 9.86. The highest BCUT2D eigenvalue weighted by Gasteiger charge is 2.20. The summed E-state index contributed by atoms with van der Waals surface area (Å²) in [5.41, 5.74) is 1.63. The van der Waals surface area contributed by atoms with Crippen molar-refractivity contribution in [3.05, 3.63) is 59.7 Å². The molecule has 0 fully saturated rings. The van der Waals surface area contributed by atoms with Crippen LogP contribution in [0, 0.1) is 0 Å². The van der Waals surface area contributed by atoms with Crippen molar-refractivity contribution in [2.75, 3.05) is 5.32 Å². The minimum Gasteiger partial charge on any atom is -0.505 e. The summed E-state index contributed by atoms with van der Waals surface area (Å²) in [6.07, 6.45) is 0. The summed E-state index contributed by atoms with van der Waals surface area (Å²) in [4.78, 5) is 12.1. The van der Waals surface area contributed by atoms with E-state index in [0.29, 0.717) is 11.3 Å². The van der Waals surface area contributed by atoms with E-state index in [2.05, 4.69) is 5.32 Å². The van der Waals surface area contributed by atoms with Crippen molar-refractivity contribution < 1.29 is 9.90 Å². The molecule has 0 saturated heterocycles. The number of amides is 1. The number of hydrogen-bond donors (Lipinski definition) is 2. The first-order chi connectivity index (χ1) is 9.39. The molecule has 3 heteroatoms. The van der Waals surface area contributed by atoms with Gasteiger partial charge < -0.3 is 10.4 Å². The predicted molar refractivity (Wildman–Crippen MR) is 81.2 cm³/mol. The molecule has 0 spiro atoms. The van der Waals surface area contributed by atoms with E-state index in [9.17, 15) is 9.90 Å². The number of anilines is 1. The molecule has 2 aromatic carbocycles. The maximum absolute atomic E-state index is 12.1. The molecule has 0 radical (unpaired) electrons. The summed E-state index contributed by atoms with van der Waals surface area (Å²) in [5.74, 6) is -0.101. The topological polar surface area (TPSA) is 49.3 Å². The van der Waals surface area contributed by atoms with Gasteiger partial charge in [0, 0.05) is 11.1 Å². The van der Waals surface area contributed by atoms with Crippen LogP contribution in [0.15, 0.2) is 48.5 Å². The first-order valence-corrected chi connectivity index (χ1v) is 6.58. The van der Waals surface area contributed by atoms with E-state index < -0.39 is 0 Å². The van der Waals surface area contributed by atoms with Crippen LogP contribution in [0.3, 0.4) is 0 Å². The van der Waals surface area contributed by atoms with Gasteiger partial charge in [-0.15, -0.1) is 0 Å². The fraction of sp³-hybridized carbons (Fsp3) is 0.235. The number of rotatable bonds is 2. The Morgan fingerprint density at radius 3 is 2.25 bits per heavy atom. The van der Waals surface area contributed by atoms with Gasteiger partial charge in [-0.2, -0.15) is 0 Å². The van der Waals surface area contributed by atoms with E-state index in [1.165, 1.54) is 0 Å². The number of nitrogens with one attached hydrogen (secondary N) is 1. The lowest BCUT2D eigenvalue weighted by molar-refractivity contribution is 0.102. The average molecular weight is 269 g/mol. The van der Waals surface area contributed by atoms with E-state index in [4.69, 9.17) is 0 Å². The number of aromatic hydroxyl groups is 1. The van der Waals surface area contributed by atoms with Crippen molar-refractivity contribution in [3.8, 4) is 5.75 Å². The van der Waals surface area contributed by atoms with E-state index >= 15 is 0 Å². The molecule has 0 aliphatic rings. The van der Waals surface area contributed by atoms with Gasteiger partial charge in [-0.1, -0.05) is 51.1 Å². The van der Waals surface area contributed by atoms with Crippen LogP contribution in [0.1, 0.15) is 36.7 Å². The number of phenolic OH excluding ortho intramolecular Hbond substituents is 1. The zero-order valence-corrected chi connectivity index (χ0v) is 12.0. The maximum atomic E-state index is 12.1. The van der Waals surface area contributed by atoms with Crippen LogP contribution >= 0.6 is 0 Å². The van der Waals surface area contributed by atoms with Crippen LogP contribution in [-0.4, -0.2) is 11.0 Å². The van der Waals surface area contributed by atoms with Gasteiger partial charge in [-0.25, -0.2) is 0 Å². The van der Waals surface area contributed by atoms with Crippen LogP contribution < -0.4 is 5.32 Å². The number of phenols is 1. The normalized spacial score (nSPS) is 11.2. The third-order valence-corrected chi connectivity index (χ3v) is 3.13. The predicted octanol–water partition coefficient (Wildman–Crippen LogP) is 3.94. The smallest absolute Gasteiger partial charge is 0.255 e. The molecule has 0 bridgehead atoms. The van der Waals surface area contributed by atoms with Gasteiger partial charge >= 0.3 is 0 Å². The molecule has 0 aromatic heterocycles. The molecule has 2 aromatic rings. The van der Waals surface area contributed by atoms with Gasteiger partial charge in [0.1, 0.15) is 5.75 Å². The molecule has 0 atom stereocenters. The summed E-state index contributed by atoms with van der Waals surface area (Å²) in [7, 11) is 0. The second-order valence-electron chi connectivity index (χ2n) is 5.77. The molecule has 0 saturated carbocycles. The van der Waals surface area contributed by atoms with Gasteiger partial charge in [0.25, 0.3) is 5.91 Å². The number of carbonyl (C=O) groups excluding carboxylic acids is 1. The lowest BCUT2D eigenvalue weighted by Crippen LogP contribution is -2.15. The van der Waals surface area contributed by atoms with E-state index in [-0.39, 0.29) is 17.1 Å². The summed E-state index contributed by atoms with van der Waals surface area (Å²) in [5, 5.41) is 13.1. The van der Waals surface area contributed by atoms with Gasteiger partial charge in [0.15, 0.2) is 0 Å². The van der Waals surface area contributed by atoms with Crippen LogP contribution in [0.2, 0.25) is 0 Å². The number of carbonyl (C=O) groups is 1. The summed E-state index contributed by atoms with van der Waals surface area (Å²) in [6.45, 7) is 6.06. The zero-order chi connectivity index (χ0) is 14.8. The SMILES string of the molecule is CC(C)(C)c1cccc(NC(=O)c2ccccc2)c1O. The second-order valence-corrected chi connectivity index (χ2v) is 5.77. The van der Waals surface area contributed by atoms with Crippen LogP contribution in [0.5, 0.6) is 5.75 Å². The molecule has 0 aliphatic carbocycles. The van der Waals surface area contributed by atoms with Gasteiger partial charge in [-0.05, 0) is 23.6 Å². The Morgan fingerprint density at radius 1 is 1.00 bits per heavy atom. The number of benzene rings is 2. The quantitative estimate of drug-likeness (QED) is 0.811. The Morgan fingerprint density at radius 2 is 1.65 bits per heavy atom. The van der Waals surface area contributed by atoms with Crippen molar-refractivity contribution >= 4 is 11.6 Å². The third-order valence-electron chi connectivity index (χ3n) is 3.13. The summed E-state index contributed by atoms with van der Waals surface area (Å²) in [6, 6.07) is 14.3. The Hall–Kier alpha value is -2.29. The molecule has 3 nitrogen and oxygen atoms in total. The van der Waals surface area contributed by atoms with Crippen molar-refractivity contribution in [2.24, 2.45) is 0 Å². The minimum atomic E-state index is -0.230. The van der Waals surface area contributed by atoms with Crippen molar-refractivity contribution in [1.82, 2.24) is 0 Å². The Bertz CT molecular complexity index is 613. The highest BCUT2D eigenvalue weighted by atomic mass is 16.3. The Kier molecular flexibility index (Phi) is 3.79. The Balaban J connectivity index is 2.29. The van der Waals surface area contributed by atoms with E-state index in [1.54, 1.807) is 30.3 Å².